The Morgan fingerprint density at radius 3 is 2.68 bits per heavy atom. The maximum Gasteiger partial charge on any atom is 0.171 e. The van der Waals surface area contributed by atoms with Gasteiger partial charge < -0.3 is 25.8 Å². The lowest BCUT2D eigenvalue weighted by molar-refractivity contribution is 0.147. The van der Waals surface area contributed by atoms with Gasteiger partial charge in [0, 0.05) is 35.4 Å². The van der Waals surface area contributed by atoms with Gasteiger partial charge in [-0.15, -0.1) is 0 Å². The van der Waals surface area contributed by atoms with Crippen molar-refractivity contribution in [3.8, 4) is 11.5 Å². The first kappa shape index (κ1) is 26.9. The maximum atomic E-state index is 16.5. The van der Waals surface area contributed by atoms with Crippen molar-refractivity contribution in [3.63, 3.8) is 0 Å². The van der Waals surface area contributed by atoms with E-state index >= 15 is 4.39 Å². The molecule has 7 nitrogen and oxygen atoms in total. The van der Waals surface area contributed by atoms with E-state index in [1.54, 1.807) is 18.3 Å². The number of halogens is 1. The molecule has 3 aromatic carbocycles. The summed E-state index contributed by atoms with van der Waals surface area (Å²) in [6.45, 7) is 3.00. The summed E-state index contributed by atoms with van der Waals surface area (Å²) >= 11 is 0. The molecule has 6 rings (SSSR count). The molecule has 4 aromatic rings. The van der Waals surface area contributed by atoms with Crippen molar-refractivity contribution < 1.29 is 13.9 Å². The van der Waals surface area contributed by atoms with Crippen LogP contribution in [0.5, 0.6) is 11.5 Å². The summed E-state index contributed by atoms with van der Waals surface area (Å²) in [6.07, 6.45) is 6.93. The topological polar surface area (TPSA) is 93.8 Å². The first-order chi connectivity index (χ1) is 20.1. The molecule has 0 amide bonds. The highest BCUT2D eigenvalue weighted by molar-refractivity contribution is 5.95. The average Bonchev–Trinajstić information content (AvgIpc) is 3.49. The Bertz CT molecular complexity index is 1540. The van der Waals surface area contributed by atoms with E-state index in [4.69, 9.17) is 20.2 Å². The molecule has 2 atom stereocenters. The van der Waals surface area contributed by atoms with E-state index < -0.39 is 11.9 Å². The second-order valence-electron chi connectivity index (χ2n) is 10.7. The van der Waals surface area contributed by atoms with Crippen LogP contribution in [0.3, 0.4) is 0 Å². The summed E-state index contributed by atoms with van der Waals surface area (Å²) in [7, 11) is 0. The van der Waals surface area contributed by atoms with Crippen LogP contribution in [0.1, 0.15) is 62.2 Å². The lowest BCUT2D eigenvalue weighted by Crippen LogP contribution is -2.31. The van der Waals surface area contributed by atoms with Gasteiger partial charge >= 0.3 is 0 Å². The number of aliphatic imine (C=N–C) groups is 1. The standard InChI is InChI=1S/C33H36FN5O2/c1-2-40-25-18-27(30(34)29(19-25)41-24-11-7-4-8-12-24)31(33-37-20-28(39-33)21-9-5-3-6-10-21)38-23-13-14-26-22(17-23)15-16-36-32(26)35/h3,5-6,9-10,13-19,24,28,31,38H,2,4,7-8,11-12,20H2,1H3,(H2,35,36)(H,37,39). The predicted octanol–water partition coefficient (Wildman–Crippen LogP) is 6.96. The largest absolute Gasteiger partial charge is 0.494 e. The zero-order chi connectivity index (χ0) is 28.2. The minimum absolute atomic E-state index is 0.00153. The Hall–Kier alpha value is -4.33. The van der Waals surface area contributed by atoms with Gasteiger partial charge in [0.15, 0.2) is 11.6 Å². The van der Waals surface area contributed by atoms with Crippen molar-refractivity contribution in [1.29, 1.82) is 0 Å². The fourth-order valence-corrected chi connectivity index (χ4v) is 5.76. The summed E-state index contributed by atoms with van der Waals surface area (Å²) in [6, 6.07) is 20.6. The van der Waals surface area contributed by atoms with Crippen LogP contribution in [0, 0.1) is 5.82 Å². The Kier molecular flexibility index (Phi) is 7.89. The number of rotatable bonds is 9. The first-order valence-electron chi connectivity index (χ1n) is 14.5. The molecule has 0 spiro atoms. The number of amidine groups is 1. The van der Waals surface area contributed by atoms with Gasteiger partial charge in [0.1, 0.15) is 23.4 Å². The summed E-state index contributed by atoms with van der Waals surface area (Å²) in [5.74, 6) is 1.51. The molecule has 2 aliphatic rings. The molecule has 1 aliphatic carbocycles. The van der Waals surface area contributed by atoms with E-state index in [0.717, 1.165) is 47.7 Å². The number of aromatic nitrogens is 1. The summed E-state index contributed by atoms with van der Waals surface area (Å²) in [5, 5.41) is 8.82. The van der Waals surface area contributed by atoms with Crippen molar-refractivity contribution >= 4 is 28.1 Å². The summed E-state index contributed by atoms with van der Waals surface area (Å²) in [5.41, 5.74) is 8.41. The number of fused-ring (bicyclic) bond motifs is 1. The number of pyridine rings is 1. The van der Waals surface area contributed by atoms with Gasteiger partial charge in [-0.1, -0.05) is 36.8 Å². The molecular weight excluding hydrogens is 517 g/mol. The van der Waals surface area contributed by atoms with Gasteiger partial charge in [-0.25, -0.2) is 9.37 Å². The Labute approximate surface area is 240 Å². The number of hydrogen-bond donors (Lipinski definition) is 3. The summed E-state index contributed by atoms with van der Waals surface area (Å²) in [4.78, 5) is 9.23. The normalized spacial score (nSPS) is 18.0. The van der Waals surface area contributed by atoms with Crippen molar-refractivity contribution in [3.05, 3.63) is 89.9 Å². The number of nitrogens with zero attached hydrogens (tertiary/aromatic N) is 2. The molecule has 1 fully saturated rings. The van der Waals surface area contributed by atoms with Crippen molar-refractivity contribution in [2.24, 2.45) is 4.99 Å². The zero-order valence-corrected chi connectivity index (χ0v) is 23.3. The Balaban J connectivity index is 1.42. The number of benzene rings is 3. The quantitative estimate of drug-likeness (QED) is 0.207. The molecule has 1 saturated carbocycles. The third kappa shape index (κ3) is 5.92. The molecule has 0 saturated heterocycles. The van der Waals surface area contributed by atoms with Gasteiger partial charge in [-0.3, -0.25) is 4.99 Å². The Morgan fingerprint density at radius 1 is 1.05 bits per heavy atom. The van der Waals surface area contributed by atoms with Crippen LogP contribution in [-0.4, -0.2) is 30.1 Å². The molecule has 41 heavy (non-hydrogen) atoms. The number of ether oxygens (including phenoxy) is 2. The predicted molar refractivity (Wildman–Crippen MR) is 162 cm³/mol. The van der Waals surface area contributed by atoms with Gasteiger partial charge in [0.2, 0.25) is 0 Å². The van der Waals surface area contributed by atoms with Gasteiger partial charge in [0.25, 0.3) is 0 Å². The highest BCUT2D eigenvalue weighted by Crippen LogP contribution is 2.37. The molecule has 0 bridgehead atoms. The molecule has 1 aliphatic heterocycles. The van der Waals surface area contributed by atoms with Crippen LogP contribution in [-0.2, 0) is 0 Å². The minimum Gasteiger partial charge on any atom is -0.494 e. The third-order valence-corrected chi connectivity index (χ3v) is 7.84. The fourth-order valence-electron chi connectivity index (χ4n) is 5.76. The van der Waals surface area contributed by atoms with Crippen LogP contribution in [0.25, 0.3) is 10.8 Å². The molecule has 2 heterocycles. The molecule has 4 N–H and O–H groups in total. The van der Waals surface area contributed by atoms with Gasteiger partial charge in [-0.2, -0.15) is 0 Å². The Morgan fingerprint density at radius 2 is 1.88 bits per heavy atom. The zero-order valence-electron chi connectivity index (χ0n) is 23.3. The third-order valence-electron chi connectivity index (χ3n) is 7.84. The van der Waals surface area contributed by atoms with Gasteiger partial charge in [-0.05, 0) is 73.9 Å². The van der Waals surface area contributed by atoms with E-state index in [1.165, 1.54) is 6.42 Å². The average molecular weight is 554 g/mol. The van der Waals surface area contributed by atoms with Crippen molar-refractivity contribution in [1.82, 2.24) is 10.3 Å². The molecule has 2 unspecified atom stereocenters. The van der Waals surface area contributed by atoms with E-state index in [0.29, 0.717) is 36.1 Å². The number of anilines is 2. The smallest absolute Gasteiger partial charge is 0.171 e. The number of hydrogen-bond acceptors (Lipinski definition) is 7. The fraction of sp³-hybridized carbons (Fsp3) is 0.333. The second-order valence-corrected chi connectivity index (χ2v) is 10.7. The van der Waals surface area contributed by atoms with E-state index in [2.05, 4.69) is 27.8 Å². The van der Waals surface area contributed by atoms with Crippen LogP contribution in [0.15, 0.2) is 77.9 Å². The second kappa shape index (κ2) is 12.0. The minimum atomic E-state index is -0.616. The number of nitrogens with two attached hydrogens (primary N) is 1. The van der Waals surface area contributed by atoms with E-state index in [9.17, 15) is 0 Å². The first-order valence-corrected chi connectivity index (χ1v) is 14.5. The molecule has 0 radical (unpaired) electrons. The SMILES string of the molecule is CCOc1cc(OC2CCCCC2)c(F)c(C(Nc2ccc3c(N)nccc3c2)C2=NC(c3ccccc3)CN2)c1. The molecule has 212 valence electrons. The van der Waals surface area contributed by atoms with Crippen molar-refractivity contribution in [2.75, 3.05) is 24.2 Å². The lowest BCUT2D eigenvalue weighted by Gasteiger charge is -2.26. The van der Waals surface area contributed by atoms with Crippen molar-refractivity contribution in [2.45, 2.75) is 57.2 Å². The highest BCUT2D eigenvalue weighted by atomic mass is 19.1. The van der Waals surface area contributed by atoms with Crippen LogP contribution >= 0.6 is 0 Å². The van der Waals surface area contributed by atoms with Gasteiger partial charge in [0.05, 0.1) is 18.8 Å². The monoisotopic (exact) mass is 553 g/mol. The highest BCUT2D eigenvalue weighted by Gasteiger charge is 2.31. The number of nitrogens with one attached hydrogen (secondary N) is 2. The van der Waals surface area contributed by atoms with Crippen LogP contribution in [0.4, 0.5) is 15.9 Å². The van der Waals surface area contributed by atoms with Crippen LogP contribution in [0.2, 0.25) is 0 Å². The molecule has 1 aromatic heterocycles. The number of nitrogen functional groups attached to an aromatic ring is 1. The van der Waals surface area contributed by atoms with E-state index in [-0.39, 0.29) is 17.9 Å². The molecular formula is C33H36FN5O2. The van der Waals surface area contributed by atoms with Crippen LogP contribution < -0.4 is 25.8 Å². The molecule has 8 heteroatoms. The maximum absolute atomic E-state index is 16.5. The lowest BCUT2D eigenvalue weighted by atomic mass is 9.97. The van der Waals surface area contributed by atoms with E-state index in [1.807, 2.05) is 49.4 Å². The summed E-state index contributed by atoms with van der Waals surface area (Å²) < 4.78 is 28.6.